The third kappa shape index (κ3) is 4.24. The number of ether oxygens (including phenoxy) is 1. The standard InChI is InChI=1S/C26H19FN2O2/c1-31-26(30)20-6-4-5-18(13-20)16-29-17-22(24-7-2-3-8-25(24)29)14-21(15-28)19-9-11-23(27)12-10-19/h2-14,17H,16H2,1H3/b21-14-. The number of aromatic nitrogens is 1. The Morgan fingerprint density at radius 2 is 1.84 bits per heavy atom. The van der Waals surface area contributed by atoms with E-state index in [9.17, 15) is 14.4 Å². The lowest BCUT2D eigenvalue weighted by molar-refractivity contribution is 0.0600. The Hall–Kier alpha value is -4.17. The minimum Gasteiger partial charge on any atom is -0.465 e. The Morgan fingerprint density at radius 1 is 1.06 bits per heavy atom. The second-order valence-corrected chi connectivity index (χ2v) is 7.10. The van der Waals surface area contributed by atoms with Gasteiger partial charge in [-0.1, -0.05) is 42.5 Å². The lowest BCUT2D eigenvalue weighted by Gasteiger charge is -2.07. The number of hydrogen-bond acceptors (Lipinski definition) is 3. The second kappa shape index (κ2) is 8.68. The Balaban J connectivity index is 1.75. The van der Waals surface area contributed by atoms with Crippen molar-refractivity contribution in [1.29, 1.82) is 5.26 Å². The van der Waals surface area contributed by atoms with Gasteiger partial charge in [-0.3, -0.25) is 0 Å². The summed E-state index contributed by atoms with van der Waals surface area (Å²) in [6.07, 6.45) is 3.80. The molecule has 3 aromatic carbocycles. The zero-order chi connectivity index (χ0) is 21.8. The topological polar surface area (TPSA) is 55.0 Å². The van der Waals surface area contributed by atoms with E-state index in [1.807, 2.05) is 54.7 Å². The van der Waals surface area contributed by atoms with Crippen molar-refractivity contribution in [2.45, 2.75) is 6.54 Å². The molecular weight excluding hydrogens is 391 g/mol. The molecule has 4 rings (SSSR count). The molecule has 0 saturated heterocycles. The van der Waals surface area contributed by atoms with Crippen LogP contribution in [0.4, 0.5) is 4.39 Å². The van der Waals surface area contributed by atoms with Gasteiger partial charge in [-0.2, -0.15) is 5.26 Å². The lowest BCUT2D eigenvalue weighted by Crippen LogP contribution is -2.03. The van der Waals surface area contributed by atoms with Crippen LogP contribution in [0.5, 0.6) is 0 Å². The largest absolute Gasteiger partial charge is 0.465 e. The fraction of sp³-hybridized carbons (Fsp3) is 0.0769. The monoisotopic (exact) mass is 410 g/mol. The van der Waals surface area contributed by atoms with Gasteiger partial charge in [-0.15, -0.1) is 0 Å². The van der Waals surface area contributed by atoms with Gasteiger partial charge >= 0.3 is 5.97 Å². The van der Waals surface area contributed by atoms with Crippen molar-refractivity contribution < 1.29 is 13.9 Å². The van der Waals surface area contributed by atoms with Gasteiger partial charge in [0.2, 0.25) is 0 Å². The number of fused-ring (bicyclic) bond motifs is 1. The number of nitrogens with zero attached hydrogens (tertiary/aromatic N) is 2. The molecular formula is C26H19FN2O2. The van der Waals surface area contributed by atoms with E-state index in [1.165, 1.54) is 19.2 Å². The minimum absolute atomic E-state index is 0.341. The van der Waals surface area contributed by atoms with Gasteiger partial charge in [0.25, 0.3) is 0 Å². The summed E-state index contributed by atoms with van der Waals surface area (Å²) in [7, 11) is 1.36. The molecule has 0 spiro atoms. The Morgan fingerprint density at radius 3 is 2.58 bits per heavy atom. The quantitative estimate of drug-likeness (QED) is 0.314. The summed E-state index contributed by atoms with van der Waals surface area (Å²) in [4.78, 5) is 11.9. The van der Waals surface area contributed by atoms with Crippen LogP contribution in [0.3, 0.4) is 0 Å². The maximum atomic E-state index is 13.3. The van der Waals surface area contributed by atoms with Gasteiger partial charge in [0, 0.05) is 29.2 Å². The molecule has 5 heteroatoms. The number of hydrogen-bond donors (Lipinski definition) is 0. The van der Waals surface area contributed by atoms with Crippen molar-refractivity contribution in [3.05, 3.63) is 107 Å². The maximum Gasteiger partial charge on any atom is 0.337 e. The van der Waals surface area contributed by atoms with Crippen LogP contribution < -0.4 is 0 Å². The Labute approximate surface area is 179 Å². The normalized spacial score (nSPS) is 11.3. The number of rotatable bonds is 5. The number of carbonyl (C=O) groups excluding carboxylic acids is 1. The van der Waals surface area contributed by atoms with Gasteiger partial charge in [-0.05, 0) is 47.5 Å². The van der Waals surface area contributed by atoms with Crippen molar-refractivity contribution in [3.63, 3.8) is 0 Å². The molecule has 1 heterocycles. The number of carbonyl (C=O) groups is 1. The fourth-order valence-corrected chi connectivity index (χ4v) is 3.60. The third-order valence-electron chi connectivity index (χ3n) is 5.10. The van der Waals surface area contributed by atoms with Crippen LogP contribution >= 0.6 is 0 Å². The molecule has 0 saturated carbocycles. The first kappa shape index (κ1) is 20.1. The van der Waals surface area contributed by atoms with E-state index in [0.717, 1.165) is 22.0 Å². The third-order valence-corrected chi connectivity index (χ3v) is 5.10. The number of esters is 1. The molecule has 0 aliphatic heterocycles. The van der Waals surface area contributed by atoms with E-state index in [-0.39, 0.29) is 11.8 Å². The Kier molecular flexibility index (Phi) is 5.63. The van der Waals surface area contributed by atoms with Crippen LogP contribution in [-0.2, 0) is 11.3 Å². The molecule has 0 radical (unpaired) electrons. The summed E-state index contributed by atoms with van der Waals surface area (Å²) >= 11 is 0. The molecule has 152 valence electrons. The van der Waals surface area contributed by atoms with Crippen molar-refractivity contribution in [2.75, 3.05) is 7.11 Å². The molecule has 1 aromatic heterocycles. The molecule has 4 nitrogen and oxygen atoms in total. The summed E-state index contributed by atoms with van der Waals surface area (Å²) in [6, 6.07) is 23.4. The highest BCUT2D eigenvalue weighted by Gasteiger charge is 2.11. The molecule has 0 fully saturated rings. The molecule has 0 aliphatic carbocycles. The van der Waals surface area contributed by atoms with Gasteiger partial charge in [0.05, 0.1) is 24.3 Å². The van der Waals surface area contributed by atoms with Crippen LogP contribution in [0.2, 0.25) is 0 Å². The summed E-state index contributed by atoms with van der Waals surface area (Å²) in [5.41, 5.74) is 4.47. The van der Waals surface area contributed by atoms with Gasteiger partial charge < -0.3 is 9.30 Å². The van der Waals surface area contributed by atoms with Gasteiger partial charge in [0.15, 0.2) is 0 Å². The summed E-state index contributed by atoms with van der Waals surface area (Å²) < 4.78 is 20.2. The van der Waals surface area contributed by atoms with Crippen molar-refractivity contribution in [3.8, 4) is 6.07 Å². The second-order valence-electron chi connectivity index (χ2n) is 7.10. The van der Waals surface area contributed by atoms with Crippen molar-refractivity contribution >= 4 is 28.5 Å². The predicted molar refractivity (Wildman–Crippen MR) is 119 cm³/mol. The highest BCUT2D eigenvalue weighted by atomic mass is 19.1. The number of halogens is 1. The first-order valence-electron chi connectivity index (χ1n) is 9.72. The van der Waals surface area contributed by atoms with Gasteiger partial charge in [0.1, 0.15) is 5.82 Å². The first-order chi connectivity index (χ1) is 15.1. The number of allylic oxidation sites excluding steroid dienone is 1. The zero-order valence-electron chi connectivity index (χ0n) is 16.9. The van der Waals surface area contributed by atoms with E-state index in [1.54, 1.807) is 18.2 Å². The highest BCUT2D eigenvalue weighted by molar-refractivity contribution is 5.98. The van der Waals surface area contributed by atoms with Gasteiger partial charge in [-0.25, -0.2) is 9.18 Å². The first-order valence-corrected chi connectivity index (χ1v) is 9.72. The number of benzene rings is 3. The summed E-state index contributed by atoms with van der Waals surface area (Å²) in [5.74, 6) is -0.715. The van der Waals surface area contributed by atoms with E-state index < -0.39 is 0 Å². The molecule has 31 heavy (non-hydrogen) atoms. The number of methoxy groups -OCH3 is 1. The van der Waals surface area contributed by atoms with E-state index in [0.29, 0.717) is 23.2 Å². The van der Waals surface area contributed by atoms with E-state index >= 15 is 0 Å². The lowest BCUT2D eigenvalue weighted by atomic mass is 10.0. The van der Waals surface area contributed by atoms with Crippen LogP contribution in [0.15, 0.2) is 79.0 Å². The molecule has 0 bridgehead atoms. The number of para-hydroxylation sites is 1. The smallest absolute Gasteiger partial charge is 0.337 e. The molecule has 0 N–H and O–H groups in total. The SMILES string of the molecule is COC(=O)c1cccc(Cn2cc(/C=C(/C#N)c3ccc(F)cc3)c3ccccc32)c1. The van der Waals surface area contributed by atoms with Crippen LogP contribution in [-0.4, -0.2) is 17.6 Å². The zero-order valence-corrected chi connectivity index (χ0v) is 16.9. The average Bonchev–Trinajstić information content (AvgIpc) is 3.15. The fourth-order valence-electron chi connectivity index (χ4n) is 3.60. The summed E-state index contributed by atoms with van der Waals surface area (Å²) in [6.45, 7) is 0.553. The molecule has 0 amide bonds. The van der Waals surface area contributed by atoms with Crippen LogP contribution in [0, 0.1) is 17.1 Å². The summed E-state index contributed by atoms with van der Waals surface area (Å²) in [5, 5.41) is 10.7. The molecule has 0 aliphatic rings. The van der Waals surface area contributed by atoms with Crippen LogP contribution in [0.25, 0.3) is 22.6 Å². The predicted octanol–water partition coefficient (Wildman–Crippen LogP) is 5.68. The maximum absolute atomic E-state index is 13.3. The highest BCUT2D eigenvalue weighted by Crippen LogP contribution is 2.27. The minimum atomic E-state index is -0.374. The molecule has 0 unspecified atom stereocenters. The van der Waals surface area contributed by atoms with Crippen molar-refractivity contribution in [2.24, 2.45) is 0 Å². The number of nitriles is 1. The van der Waals surface area contributed by atoms with Crippen molar-refractivity contribution in [1.82, 2.24) is 4.57 Å². The van der Waals surface area contributed by atoms with E-state index in [4.69, 9.17) is 4.74 Å². The Bertz CT molecular complexity index is 1330. The molecule has 0 atom stereocenters. The van der Waals surface area contributed by atoms with Crippen LogP contribution in [0.1, 0.15) is 27.0 Å². The molecule has 4 aromatic rings. The average molecular weight is 410 g/mol. The van der Waals surface area contributed by atoms with E-state index in [2.05, 4.69) is 10.6 Å².